The molecule has 0 aliphatic rings. The highest BCUT2D eigenvalue weighted by molar-refractivity contribution is 5.73. The van der Waals surface area contributed by atoms with Gasteiger partial charge in [-0.3, -0.25) is 10.5 Å². The lowest BCUT2D eigenvalue weighted by atomic mass is 10.0. The van der Waals surface area contributed by atoms with Crippen LogP contribution in [0.1, 0.15) is 23.1 Å². The number of carbonyl (C=O) groups is 1. The van der Waals surface area contributed by atoms with Crippen LogP contribution in [0.3, 0.4) is 0 Å². The van der Waals surface area contributed by atoms with Crippen LogP contribution in [-0.2, 0) is 11.2 Å². The number of hydrogen-bond donors (Lipinski definition) is 1. The number of aryl methyl sites for hydroxylation is 3. The second-order valence-corrected chi connectivity index (χ2v) is 3.50. The number of amides is 1. The van der Waals surface area contributed by atoms with Crippen molar-refractivity contribution in [2.24, 2.45) is 0 Å². The number of phenolic OH excluding ortho intramolecular Hbond substituents is 1. The van der Waals surface area contributed by atoms with Crippen molar-refractivity contribution in [2.45, 2.75) is 26.7 Å². The zero-order valence-electron chi connectivity index (χ0n) is 8.42. The van der Waals surface area contributed by atoms with Crippen LogP contribution in [0, 0.1) is 13.8 Å². The molecule has 1 radical (unpaired) electrons. The van der Waals surface area contributed by atoms with E-state index in [1.165, 1.54) is 0 Å². The molecule has 3 heteroatoms. The first kappa shape index (κ1) is 10.6. The Balaban J connectivity index is 2.84. The van der Waals surface area contributed by atoms with Gasteiger partial charge in [-0.25, -0.2) is 0 Å². The molecule has 0 heterocycles. The highest BCUT2D eigenvalue weighted by Crippen LogP contribution is 2.23. The Bertz CT molecular complexity index is 335. The molecule has 0 bridgehead atoms. The summed E-state index contributed by atoms with van der Waals surface area (Å²) in [4.78, 5) is 10.5. The first-order chi connectivity index (χ1) is 6.50. The third-order valence-electron chi connectivity index (χ3n) is 2.19. The van der Waals surface area contributed by atoms with Gasteiger partial charge in [0.25, 0.3) is 0 Å². The number of hydrogen-bond acceptors (Lipinski definition) is 2. The van der Waals surface area contributed by atoms with Gasteiger partial charge in [-0.1, -0.05) is 12.1 Å². The number of rotatable bonds is 3. The minimum absolute atomic E-state index is 0.240. The summed E-state index contributed by atoms with van der Waals surface area (Å²) < 4.78 is 0. The van der Waals surface area contributed by atoms with Crippen molar-refractivity contribution in [2.75, 3.05) is 0 Å². The Hall–Kier alpha value is -1.51. The Kier molecular flexibility index (Phi) is 3.12. The van der Waals surface area contributed by atoms with E-state index in [9.17, 15) is 9.90 Å². The summed E-state index contributed by atoms with van der Waals surface area (Å²) in [6, 6.07) is 3.70. The molecular weight excluding hydrogens is 178 g/mol. The lowest BCUT2D eigenvalue weighted by Gasteiger charge is -2.06. The molecule has 0 aliphatic carbocycles. The van der Waals surface area contributed by atoms with Gasteiger partial charge in [0.1, 0.15) is 5.75 Å². The third kappa shape index (κ3) is 2.49. The minimum Gasteiger partial charge on any atom is -0.507 e. The Labute approximate surface area is 83.6 Å². The largest absolute Gasteiger partial charge is 0.507 e. The predicted molar refractivity (Wildman–Crippen MR) is 54.0 cm³/mol. The van der Waals surface area contributed by atoms with Crippen molar-refractivity contribution < 1.29 is 9.90 Å². The first-order valence-corrected chi connectivity index (χ1v) is 4.54. The number of aromatic hydroxyl groups is 1. The van der Waals surface area contributed by atoms with Crippen molar-refractivity contribution in [3.8, 4) is 5.75 Å². The van der Waals surface area contributed by atoms with Crippen LogP contribution in [0.4, 0.5) is 0 Å². The van der Waals surface area contributed by atoms with Gasteiger partial charge in [-0.2, -0.15) is 0 Å². The van der Waals surface area contributed by atoms with Crippen LogP contribution < -0.4 is 5.73 Å². The van der Waals surface area contributed by atoms with Gasteiger partial charge in [0.05, 0.1) is 0 Å². The molecule has 0 saturated heterocycles. The van der Waals surface area contributed by atoms with Gasteiger partial charge < -0.3 is 5.11 Å². The molecule has 0 saturated carbocycles. The van der Waals surface area contributed by atoms with E-state index in [1.54, 1.807) is 0 Å². The molecule has 1 aromatic carbocycles. The van der Waals surface area contributed by atoms with Crippen LogP contribution in [-0.4, -0.2) is 11.0 Å². The number of nitrogens with one attached hydrogen (secondary N) is 1. The molecule has 0 unspecified atom stereocenters. The van der Waals surface area contributed by atoms with E-state index < -0.39 is 5.91 Å². The number of benzene rings is 1. The highest BCUT2D eigenvalue weighted by atomic mass is 16.3. The topological polar surface area (TPSA) is 61.1 Å². The van der Waals surface area contributed by atoms with Crippen LogP contribution in [0.25, 0.3) is 0 Å². The SMILES string of the molecule is Cc1cc(CCC([NH])=O)cc(C)c1O. The van der Waals surface area contributed by atoms with E-state index in [-0.39, 0.29) is 6.42 Å². The Morgan fingerprint density at radius 3 is 2.29 bits per heavy atom. The summed E-state index contributed by atoms with van der Waals surface area (Å²) in [5, 5.41) is 9.50. The zero-order chi connectivity index (χ0) is 10.7. The summed E-state index contributed by atoms with van der Waals surface area (Å²) >= 11 is 0. The highest BCUT2D eigenvalue weighted by Gasteiger charge is 2.04. The van der Waals surface area contributed by atoms with Gasteiger partial charge in [0, 0.05) is 6.42 Å². The molecule has 0 spiro atoms. The average Bonchev–Trinajstić information content (AvgIpc) is 2.10. The molecule has 0 aliphatic heterocycles. The maximum Gasteiger partial charge on any atom is 0.238 e. The van der Waals surface area contributed by atoms with E-state index in [1.807, 2.05) is 26.0 Å². The molecule has 1 rings (SSSR count). The standard InChI is InChI=1S/C11H14NO2/c1-7-5-9(3-4-10(12)13)6-8(2)11(7)14/h5-6,12,14H,3-4H2,1-2H3. The maximum absolute atomic E-state index is 10.5. The minimum atomic E-state index is -0.548. The van der Waals surface area contributed by atoms with E-state index in [4.69, 9.17) is 5.73 Å². The lowest BCUT2D eigenvalue weighted by molar-refractivity contribution is -0.118. The molecule has 14 heavy (non-hydrogen) atoms. The molecule has 2 N–H and O–H groups in total. The summed E-state index contributed by atoms with van der Waals surface area (Å²) in [6.45, 7) is 3.66. The van der Waals surface area contributed by atoms with Gasteiger partial charge in [0.2, 0.25) is 5.91 Å². The monoisotopic (exact) mass is 192 g/mol. The maximum atomic E-state index is 10.5. The summed E-state index contributed by atoms with van der Waals surface area (Å²) in [6.07, 6.45) is 0.813. The van der Waals surface area contributed by atoms with Crippen molar-refractivity contribution >= 4 is 5.91 Å². The zero-order valence-corrected chi connectivity index (χ0v) is 8.42. The normalized spacial score (nSPS) is 10.1. The Morgan fingerprint density at radius 1 is 1.36 bits per heavy atom. The van der Waals surface area contributed by atoms with E-state index in [2.05, 4.69) is 0 Å². The van der Waals surface area contributed by atoms with E-state index >= 15 is 0 Å². The second kappa shape index (κ2) is 4.13. The molecule has 3 nitrogen and oxygen atoms in total. The number of carbonyl (C=O) groups excluding carboxylic acids is 1. The van der Waals surface area contributed by atoms with Gasteiger partial charge in [0.15, 0.2) is 0 Å². The Morgan fingerprint density at radius 2 is 1.86 bits per heavy atom. The first-order valence-electron chi connectivity index (χ1n) is 4.54. The molecule has 1 amide bonds. The van der Waals surface area contributed by atoms with E-state index in [0.717, 1.165) is 16.7 Å². The van der Waals surface area contributed by atoms with Gasteiger partial charge in [-0.05, 0) is 37.0 Å². The van der Waals surface area contributed by atoms with E-state index in [0.29, 0.717) is 12.2 Å². The average molecular weight is 192 g/mol. The molecule has 0 aromatic heterocycles. The molecule has 1 aromatic rings. The van der Waals surface area contributed by atoms with Crippen LogP contribution in [0.15, 0.2) is 12.1 Å². The molecule has 75 valence electrons. The second-order valence-electron chi connectivity index (χ2n) is 3.50. The predicted octanol–water partition coefficient (Wildman–Crippen LogP) is 1.75. The van der Waals surface area contributed by atoms with Crippen molar-refractivity contribution in [3.05, 3.63) is 28.8 Å². The van der Waals surface area contributed by atoms with Crippen molar-refractivity contribution in [1.29, 1.82) is 0 Å². The fraction of sp³-hybridized carbons (Fsp3) is 0.364. The van der Waals surface area contributed by atoms with Crippen LogP contribution in [0.5, 0.6) is 5.75 Å². The molecular formula is C11H14NO2. The third-order valence-corrected chi connectivity index (χ3v) is 2.19. The summed E-state index contributed by atoms with van der Waals surface area (Å²) in [7, 11) is 0. The smallest absolute Gasteiger partial charge is 0.238 e. The fourth-order valence-electron chi connectivity index (χ4n) is 1.45. The molecule has 0 atom stereocenters. The summed E-state index contributed by atoms with van der Waals surface area (Å²) in [5.41, 5.74) is 9.42. The fourth-order valence-corrected chi connectivity index (χ4v) is 1.45. The van der Waals surface area contributed by atoms with Crippen LogP contribution in [0.2, 0.25) is 0 Å². The van der Waals surface area contributed by atoms with Crippen LogP contribution >= 0.6 is 0 Å². The van der Waals surface area contributed by atoms with Gasteiger partial charge >= 0.3 is 0 Å². The van der Waals surface area contributed by atoms with Crippen molar-refractivity contribution in [3.63, 3.8) is 0 Å². The summed E-state index contributed by atoms with van der Waals surface area (Å²) in [5.74, 6) is -0.237. The lowest BCUT2D eigenvalue weighted by Crippen LogP contribution is -2.00. The van der Waals surface area contributed by atoms with Crippen molar-refractivity contribution in [1.82, 2.24) is 5.73 Å². The van der Waals surface area contributed by atoms with Gasteiger partial charge in [-0.15, -0.1) is 0 Å². The molecule has 0 fully saturated rings. The quantitative estimate of drug-likeness (QED) is 0.793. The number of phenols is 1.